The number of ether oxygens (including phenoxy) is 1. The number of piperazine rings is 1. The second kappa shape index (κ2) is 7.67. The van der Waals surface area contributed by atoms with Gasteiger partial charge in [-0.2, -0.15) is 14.6 Å². The van der Waals surface area contributed by atoms with Crippen LogP contribution in [0.2, 0.25) is 0 Å². The van der Waals surface area contributed by atoms with E-state index in [-0.39, 0.29) is 0 Å². The molecule has 0 atom stereocenters. The Morgan fingerprint density at radius 2 is 1.43 bits per heavy atom. The largest absolute Gasteiger partial charge is 0.378 e. The van der Waals surface area contributed by atoms with Gasteiger partial charge in [-0.15, -0.1) is 0 Å². The van der Waals surface area contributed by atoms with E-state index in [0.29, 0.717) is 5.78 Å². The van der Waals surface area contributed by atoms with Crippen LogP contribution in [-0.2, 0) is 4.74 Å². The highest BCUT2D eigenvalue weighted by Gasteiger charge is 2.24. The Morgan fingerprint density at radius 1 is 0.800 bits per heavy atom. The van der Waals surface area contributed by atoms with E-state index < -0.39 is 0 Å². The summed E-state index contributed by atoms with van der Waals surface area (Å²) < 4.78 is 7.33. The van der Waals surface area contributed by atoms with E-state index in [1.165, 1.54) is 0 Å². The molecule has 10 nitrogen and oxygen atoms in total. The standard InChI is InChI=1S/C20H27N9O/c1-14-15(2)23-20-21-13-22-29(20)19(14)28-6-4-26(5-7-28)17-12-18(25-16(3)24-17)27-8-10-30-11-9-27/h12-13H,4-11H2,1-3H3. The molecule has 10 heteroatoms. The van der Waals surface area contributed by atoms with Crippen molar-refractivity contribution in [2.75, 3.05) is 67.2 Å². The minimum absolute atomic E-state index is 0.650. The fourth-order valence-corrected chi connectivity index (χ4v) is 4.19. The van der Waals surface area contributed by atoms with E-state index >= 15 is 0 Å². The number of aromatic nitrogens is 6. The minimum Gasteiger partial charge on any atom is -0.378 e. The van der Waals surface area contributed by atoms with Crippen molar-refractivity contribution in [3.8, 4) is 0 Å². The van der Waals surface area contributed by atoms with Crippen molar-refractivity contribution in [3.63, 3.8) is 0 Å². The second-order valence-corrected chi connectivity index (χ2v) is 7.82. The van der Waals surface area contributed by atoms with Gasteiger partial charge in [-0.25, -0.2) is 15.0 Å². The predicted molar refractivity (Wildman–Crippen MR) is 114 cm³/mol. The van der Waals surface area contributed by atoms with Gasteiger partial charge in [-0.05, 0) is 20.8 Å². The number of fused-ring (bicyclic) bond motifs is 1. The lowest BCUT2D eigenvalue weighted by atomic mass is 10.2. The highest BCUT2D eigenvalue weighted by molar-refractivity contribution is 5.56. The molecule has 0 aromatic carbocycles. The first kappa shape index (κ1) is 19.0. The Hall–Kier alpha value is -3.01. The maximum absolute atomic E-state index is 5.48. The van der Waals surface area contributed by atoms with Crippen LogP contribution in [0.15, 0.2) is 12.4 Å². The summed E-state index contributed by atoms with van der Waals surface area (Å²) in [4.78, 5) is 25.2. The topological polar surface area (TPSA) is 87.8 Å². The van der Waals surface area contributed by atoms with E-state index in [2.05, 4.69) is 47.7 Å². The lowest BCUT2D eigenvalue weighted by molar-refractivity contribution is 0.122. The Morgan fingerprint density at radius 3 is 2.13 bits per heavy atom. The van der Waals surface area contributed by atoms with Crippen LogP contribution in [0, 0.1) is 20.8 Å². The predicted octanol–water partition coefficient (Wildman–Crippen LogP) is 1.00. The van der Waals surface area contributed by atoms with Crippen molar-refractivity contribution >= 4 is 23.2 Å². The summed E-state index contributed by atoms with van der Waals surface area (Å²) in [7, 11) is 0. The van der Waals surface area contributed by atoms with Crippen molar-refractivity contribution in [3.05, 3.63) is 29.5 Å². The fraction of sp³-hybridized carbons (Fsp3) is 0.550. The van der Waals surface area contributed by atoms with Gasteiger partial charge in [0.05, 0.1) is 13.2 Å². The number of anilines is 3. The van der Waals surface area contributed by atoms with Gasteiger partial charge in [0, 0.05) is 56.6 Å². The Labute approximate surface area is 175 Å². The Kier molecular flexibility index (Phi) is 4.86. The number of hydrogen-bond acceptors (Lipinski definition) is 9. The molecule has 5 rings (SSSR count). The molecule has 0 radical (unpaired) electrons. The molecule has 0 N–H and O–H groups in total. The highest BCUT2D eigenvalue weighted by atomic mass is 16.5. The van der Waals surface area contributed by atoms with Crippen LogP contribution in [0.4, 0.5) is 17.5 Å². The maximum Gasteiger partial charge on any atom is 0.254 e. The molecule has 0 bridgehead atoms. The average Bonchev–Trinajstić information content (AvgIpc) is 3.23. The molecule has 0 spiro atoms. The van der Waals surface area contributed by atoms with Gasteiger partial charge in [0.25, 0.3) is 5.78 Å². The molecular formula is C20H27N9O. The van der Waals surface area contributed by atoms with Gasteiger partial charge in [-0.1, -0.05) is 0 Å². The first-order chi connectivity index (χ1) is 14.6. The number of nitrogens with zero attached hydrogens (tertiary/aromatic N) is 9. The molecule has 3 aromatic heterocycles. The van der Waals surface area contributed by atoms with Crippen molar-refractivity contribution in [2.45, 2.75) is 20.8 Å². The van der Waals surface area contributed by atoms with Crippen molar-refractivity contribution in [2.24, 2.45) is 0 Å². The monoisotopic (exact) mass is 409 g/mol. The van der Waals surface area contributed by atoms with E-state index in [4.69, 9.17) is 9.72 Å². The van der Waals surface area contributed by atoms with Gasteiger partial charge in [0.2, 0.25) is 0 Å². The van der Waals surface area contributed by atoms with E-state index in [1.807, 2.05) is 18.4 Å². The van der Waals surface area contributed by atoms with Gasteiger partial charge < -0.3 is 19.4 Å². The molecule has 30 heavy (non-hydrogen) atoms. The number of rotatable bonds is 3. The molecule has 2 aliphatic rings. The van der Waals surface area contributed by atoms with Crippen molar-refractivity contribution in [1.82, 2.24) is 29.5 Å². The quantitative estimate of drug-likeness (QED) is 0.629. The van der Waals surface area contributed by atoms with Crippen LogP contribution < -0.4 is 14.7 Å². The van der Waals surface area contributed by atoms with Crippen LogP contribution in [0.25, 0.3) is 5.78 Å². The third-order valence-electron chi connectivity index (χ3n) is 5.93. The molecule has 158 valence electrons. The minimum atomic E-state index is 0.650. The zero-order valence-electron chi connectivity index (χ0n) is 17.7. The number of hydrogen-bond donors (Lipinski definition) is 0. The SMILES string of the molecule is Cc1nc(N2CCOCC2)cc(N2CCN(c3c(C)c(C)nc4ncnn34)CC2)n1. The van der Waals surface area contributed by atoms with Crippen LogP contribution in [-0.4, -0.2) is 82.0 Å². The molecule has 0 aliphatic carbocycles. The normalized spacial score (nSPS) is 17.8. The average molecular weight is 409 g/mol. The summed E-state index contributed by atoms with van der Waals surface area (Å²) in [6, 6.07) is 2.12. The lowest BCUT2D eigenvalue weighted by Gasteiger charge is -2.37. The van der Waals surface area contributed by atoms with Crippen molar-refractivity contribution in [1.29, 1.82) is 0 Å². The highest BCUT2D eigenvalue weighted by Crippen LogP contribution is 2.26. The van der Waals surface area contributed by atoms with Crippen LogP contribution >= 0.6 is 0 Å². The molecule has 0 unspecified atom stereocenters. The molecular weight excluding hydrogens is 382 g/mol. The first-order valence-electron chi connectivity index (χ1n) is 10.5. The van der Waals surface area contributed by atoms with Gasteiger partial charge >= 0.3 is 0 Å². The van der Waals surface area contributed by atoms with Gasteiger partial charge in [0.15, 0.2) is 0 Å². The molecule has 2 fully saturated rings. The fourth-order valence-electron chi connectivity index (χ4n) is 4.19. The summed E-state index contributed by atoms with van der Waals surface area (Å²) in [6.07, 6.45) is 1.57. The van der Waals surface area contributed by atoms with E-state index in [9.17, 15) is 0 Å². The van der Waals surface area contributed by atoms with Crippen LogP contribution in [0.1, 0.15) is 17.1 Å². The molecule has 2 aliphatic heterocycles. The maximum atomic E-state index is 5.48. The van der Waals surface area contributed by atoms with Crippen LogP contribution in [0.5, 0.6) is 0 Å². The number of aryl methyl sites for hydroxylation is 2. The zero-order chi connectivity index (χ0) is 20.7. The summed E-state index contributed by atoms with van der Waals surface area (Å²) in [5, 5.41) is 4.40. The van der Waals surface area contributed by atoms with E-state index in [1.54, 1.807) is 6.33 Å². The zero-order valence-corrected chi connectivity index (χ0v) is 17.7. The smallest absolute Gasteiger partial charge is 0.254 e. The molecule has 2 saturated heterocycles. The first-order valence-corrected chi connectivity index (χ1v) is 10.5. The van der Waals surface area contributed by atoms with Crippen LogP contribution in [0.3, 0.4) is 0 Å². The molecule has 0 amide bonds. The van der Waals surface area contributed by atoms with Gasteiger partial charge in [0.1, 0.15) is 29.6 Å². The molecule has 3 aromatic rings. The summed E-state index contributed by atoms with van der Waals surface area (Å²) in [5.41, 5.74) is 2.14. The number of morpholine rings is 1. The third-order valence-corrected chi connectivity index (χ3v) is 5.93. The summed E-state index contributed by atoms with van der Waals surface area (Å²) in [5.74, 6) is 4.53. The Bertz CT molecular complexity index is 1050. The second-order valence-electron chi connectivity index (χ2n) is 7.82. The summed E-state index contributed by atoms with van der Waals surface area (Å²) >= 11 is 0. The van der Waals surface area contributed by atoms with Gasteiger partial charge in [-0.3, -0.25) is 0 Å². The summed E-state index contributed by atoms with van der Waals surface area (Å²) in [6.45, 7) is 12.9. The lowest BCUT2D eigenvalue weighted by Crippen LogP contribution is -2.48. The van der Waals surface area contributed by atoms with E-state index in [0.717, 1.165) is 87.0 Å². The van der Waals surface area contributed by atoms with Crippen molar-refractivity contribution < 1.29 is 4.74 Å². The molecule has 5 heterocycles. The third kappa shape index (κ3) is 3.41. The molecule has 0 saturated carbocycles. The Balaban J connectivity index is 1.36.